The summed E-state index contributed by atoms with van der Waals surface area (Å²) >= 11 is 0. The van der Waals surface area contributed by atoms with E-state index in [0.29, 0.717) is 11.3 Å². The van der Waals surface area contributed by atoms with Crippen LogP contribution in [0, 0.1) is 11.6 Å². The van der Waals surface area contributed by atoms with E-state index in [-0.39, 0.29) is 23.2 Å². The molecule has 2 aliphatic rings. The number of hydrogen-bond donors (Lipinski definition) is 1. The Hall–Kier alpha value is -2.70. The van der Waals surface area contributed by atoms with Gasteiger partial charge in [0.25, 0.3) is 5.56 Å². The van der Waals surface area contributed by atoms with Crippen LogP contribution in [-0.4, -0.2) is 14.2 Å². The topological polar surface area (TPSA) is 51.3 Å². The van der Waals surface area contributed by atoms with E-state index >= 15 is 0 Å². The number of halogens is 2. The minimum atomic E-state index is -0.671. The fraction of sp³-hybridized carbons (Fsp3) is 0.429. The second-order valence-electron chi connectivity index (χ2n) is 7.89. The van der Waals surface area contributed by atoms with Crippen LogP contribution in [-0.2, 0) is 0 Å². The highest BCUT2D eigenvalue weighted by atomic mass is 19.1. The van der Waals surface area contributed by atoms with Gasteiger partial charge in [-0.05, 0) is 43.7 Å². The predicted molar refractivity (Wildman–Crippen MR) is 103 cm³/mol. The van der Waals surface area contributed by atoms with E-state index in [2.05, 4.69) is 10.3 Å². The minimum absolute atomic E-state index is 0.0620. The van der Waals surface area contributed by atoms with Crippen molar-refractivity contribution >= 4 is 17.0 Å². The highest BCUT2D eigenvalue weighted by molar-refractivity contribution is 5.61. The lowest BCUT2D eigenvalue weighted by atomic mass is 9.85. The number of nitrogens with one attached hydrogen (secondary N) is 1. The van der Waals surface area contributed by atoms with E-state index < -0.39 is 11.6 Å². The van der Waals surface area contributed by atoms with E-state index in [9.17, 15) is 13.6 Å². The fourth-order valence-corrected chi connectivity index (χ4v) is 4.31. The third-order valence-corrected chi connectivity index (χ3v) is 5.83. The van der Waals surface area contributed by atoms with E-state index in [0.717, 1.165) is 50.2 Å². The Balaban J connectivity index is 1.59. The van der Waals surface area contributed by atoms with Crippen LogP contribution >= 0.6 is 0 Å². The zero-order chi connectivity index (χ0) is 19.3. The summed E-state index contributed by atoms with van der Waals surface area (Å²) < 4.78 is 30.8. The summed E-state index contributed by atoms with van der Waals surface area (Å²) in [6.45, 7) is 0. The van der Waals surface area contributed by atoms with Gasteiger partial charge >= 0.3 is 0 Å². The number of fused-ring (bicyclic) bond motifs is 1. The second kappa shape index (κ2) is 6.72. The number of hydrogen-bond acceptors (Lipinski definition) is 3. The summed E-state index contributed by atoms with van der Waals surface area (Å²) in [5.74, 6) is -1.03. The van der Waals surface area contributed by atoms with Gasteiger partial charge in [0.2, 0.25) is 0 Å². The Morgan fingerprint density at radius 2 is 1.86 bits per heavy atom. The monoisotopic (exact) mass is 384 g/mol. The second-order valence-corrected chi connectivity index (χ2v) is 7.89. The Bertz CT molecular complexity index is 1090. The van der Waals surface area contributed by atoms with Crippen LogP contribution in [0.5, 0.6) is 0 Å². The molecule has 0 aliphatic heterocycles. The molecule has 0 amide bonds. The molecule has 0 spiro atoms. The largest absolute Gasteiger partial charge is 0.351 e. The lowest BCUT2D eigenvalue weighted by Crippen LogP contribution is -2.22. The van der Waals surface area contributed by atoms with Crippen molar-refractivity contribution in [3.05, 3.63) is 58.1 Å². The first-order valence-electron chi connectivity index (χ1n) is 9.96. The van der Waals surface area contributed by atoms with Crippen molar-refractivity contribution in [2.45, 2.75) is 56.9 Å². The van der Waals surface area contributed by atoms with Crippen molar-refractivity contribution in [2.75, 3.05) is 5.32 Å². The molecule has 5 nitrogen and oxygen atoms in total. The van der Waals surface area contributed by atoms with Crippen LogP contribution in [0.25, 0.3) is 5.65 Å². The van der Waals surface area contributed by atoms with Crippen LogP contribution in [0.2, 0.25) is 0 Å². The van der Waals surface area contributed by atoms with Gasteiger partial charge in [-0.15, -0.1) is 0 Å². The maximum absolute atomic E-state index is 14.0. The molecule has 0 unspecified atom stereocenters. The summed E-state index contributed by atoms with van der Waals surface area (Å²) in [6, 6.07) is 3.60. The molecule has 5 rings (SSSR count). The zero-order valence-corrected chi connectivity index (χ0v) is 15.5. The molecule has 146 valence electrons. The van der Waals surface area contributed by atoms with Crippen molar-refractivity contribution in [3.63, 3.8) is 0 Å². The maximum Gasteiger partial charge on any atom is 0.273 e. The van der Waals surface area contributed by atoms with Crippen molar-refractivity contribution in [1.82, 2.24) is 14.2 Å². The molecule has 1 N–H and O–H groups in total. The van der Waals surface area contributed by atoms with Crippen molar-refractivity contribution in [3.8, 4) is 0 Å². The SMILES string of the molecule is O=c1c(C2CCCCC2)c2ncc(Nc3ccc(F)cc3F)cn2n1C1CC1. The molecule has 0 radical (unpaired) electrons. The molecule has 2 fully saturated rings. The van der Waals surface area contributed by atoms with Gasteiger partial charge in [-0.3, -0.25) is 4.79 Å². The smallest absolute Gasteiger partial charge is 0.273 e. The molecule has 2 aliphatic carbocycles. The quantitative estimate of drug-likeness (QED) is 0.696. The van der Waals surface area contributed by atoms with Gasteiger partial charge in [-0.25, -0.2) is 23.0 Å². The summed E-state index contributed by atoms with van der Waals surface area (Å²) in [4.78, 5) is 17.8. The summed E-state index contributed by atoms with van der Waals surface area (Å²) in [7, 11) is 0. The van der Waals surface area contributed by atoms with Crippen LogP contribution in [0.1, 0.15) is 62.5 Å². The molecule has 28 heavy (non-hydrogen) atoms. The summed E-state index contributed by atoms with van der Waals surface area (Å²) in [5.41, 5.74) is 2.31. The molecule has 2 heterocycles. The minimum Gasteiger partial charge on any atom is -0.351 e. The first-order valence-corrected chi connectivity index (χ1v) is 9.96. The van der Waals surface area contributed by atoms with Crippen molar-refractivity contribution in [1.29, 1.82) is 0 Å². The molecule has 3 aromatic rings. The Kier molecular flexibility index (Phi) is 4.18. The third kappa shape index (κ3) is 2.99. The highest BCUT2D eigenvalue weighted by Gasteiger charge is 2.32. The number of nitrogens with zero attached hydrogens (tertiary/aromatic N) is 3. The molecule has 1 aromatic carbocycles. The lowest BCUT2D eigenvalue weighted by Gasteiger charge is -2.19. The molecule has 7 heteroatoms. The van der Waals surface area contributed by atoms with Crippen LogP contribution in [0.3, 0.4) is 0 Å². The van der Waals surface area contributed by atoms with Crippen LogP contribution < -0.4 is 10.9 Å². The molecule has 0 bridgehead atoms. The Labute approximate surface area is 161 Å². The van der Waals surface area contributed by atoms with Gasteiger partial charge < -0.3 is 5.32 Å². The van der Waals surface area contributed by atoms with E-state index in [4.69, 9.17) is 0 Å². The normalized spacial score (nSPS) is 17.9. The average molecular weight is 384 g/mol. The fourth-order valence-electron chi connectivity index (χ4n) is 4.31. The van der Waals surface area contributed by atoms with Gasteiger partial charge in [-0.1, -0.05) is 19.3 Å². The number of rotatable bonds is 4. The van der Waals surface area contributed by atoms with E-state index in [1.807, 2.05) is 4.52 Å². The average Bonchev–Trinajstić information content (AvgIpc) is 3.48. The third-order valence-electron chi connectivity index (χ3n) is 5.83. The first-order chi connectivity index (χ1) is 13.6. The van der Waals surface area contributed by atoms with Gasteiger partial charge in [0.15, 0.2) is 5.65 Å². The van der Waals surface area contributed by atoms with Gasteiger partial charge in [0.1, 0.15) is 11.6 Å². The Morgan fingerprint density at radius 3 is 2.57 bits per heavy atom. The van der Waals surface area contributed by atoms with Crippen LogP contribution in [0.4, 0.5) is 20.2 Å². The lowest BCUT2D eigenvalue weighted by molar-refractivity contribution is 0.442. The van der Waals surface area contributed by atoms with Gasteiger partial charge in [0, 0.05) is 6.07 Å². The van der Waals surface area contributed by atoms with Gasteiger partial charge in [0.05, 0.1) is 35.4 Å². The number of anilines is 2. The molecule has 0 saturated heterocycles. The van der Waals surface area contributed by atoms with Crippen LogP contribution in [0.15, 0.2) is 35.4 Å². The molecular weight excluding hydrogens is 362 g/mol. The highest BCUT2D eigenvalue weighted by Crippen LogP contribution is 2.37. The first kappa shape index (κ1) is 17.4. The summed E-state index contributed by atoms with van der Waals surface area (Å²) in [5, 5.41) is 2.95. The molecule has 2 aromatic heterocycles. The molecule has 2 saturated carbocycles. The zero-order valence-electron chi connectivity index (χ0n) is 15.5. The van der Waals surface area contributed by atoms with Crippen molar-refractivity contribution < 1.29 is 8.78 Å². The van der Waals surface area contributed by atoms with E-state index in [1.54, 1.807) is 17.1 Å². The molecular formula is C21H22F2N4O. The number of aromatic nitrogens is 3. The standard InChI is InChI=1S/C21H22F2N4O/c22-14-6-9-18(17(23)10-14)25-15-11-24-20-19(13-4-2-1-3-5-13)21(28)27(16-7-8-16)26(20)12-15/h6,9-13,16,25H,1-5,7-8H2. The predicted octanol–water partition coefficient (Wildman–Crippen LogP) is 4.90. The Morgan fingerprint density at radius 1 is 1.07 bits per heavy atom. The maximum atomic E-state index is 14.0. The van der Waals surface area contributed by atoms with Crippen molar-refractivity contribution in [2.24, 2.45) is 0 Å². The molecule has 0 atom stereocenters. The summed E-state index contributed by atoms with van der Waals surface area (Å²) in [6.07, 6.45) is 11.0. The number of benzene rings is 1. The van der Waals surface area contributed by atoms with E-state index in [1.165, 1.54) is 18.6 Å². The van der Waals surface area contributed by atoms with Gasteiger partial charge in [-0.2, -0.15) is 0 Å².